The Labute approximate surface area is 182 Å². The maximum absolute atomic E-state index is 13.1. The van der Waals surface area contributed by atoms with Crippen molar-refractivity contribution >= 4 is 15.9 Å². The first-order chi connectivity index (χ1) is 14.3. The van der Waals surface area contributed by atoms with Crippen molar-refractivity contribution in [2.75, 3.05) is 26.2 Å². The summed E-state index contributed by atoms with van der Waals surface area (Å²) in [6, 6.07) is -0.302. The summed E-state index contributed by atoms with van der Waals surface area (Å²) in [5.41, 5.74) is -3.87. The van der Waals surface area contributed by atoms with Crippen molar-refractivity contribution in [3.8, 4) is 0 Å². The van der Waals surface area contributed by atoms with Crippen LogP contribution in [-0.2, 0) is 27.2 Å². The molecule has 1 aliphatic heterocycles. The first-order valence-corrected chi connectivity index (χ1v) is 11.1. The van der Waals surface area contributed by atoms with Crippen LogP contribution in [-0.4, -0.2) is 61.3 Å². The van der Waals surface area contributed by atoms with Gasteiger partial charge in [0.15, 0.2) is 0 Å². The Hall–Kier alpha value is -1.86. The van der Waals surface area contributed by atoms with E-state index in [1.54, 1.807) is 32.6 Å². The van der Waals surface area contributed by atoms with Crippen molar-refractivity contribution in [3.05, 3.63) is 29.3 Å². The van der Waals surface area contributed by atoms with Crippen LogP contribution in [0.25, 0.3) is 0 Å². The average Bonchev–Trinajstić information content (AvgIpc) is 2.64. The van der Waals surface area contributed by atoms with Gasteiger partial charge in [0, 0.05) is 31.7 Å². The minimum absolute atomic E-state index is 0.0864. The van der Waals surface area contributed by atoms with E-state index in [1.165, 1.54) is 0 Å². The van der Waals surface area contributed by atoms with E-state index in [0.717, 1.165) is 4.31 Å². The Morgan fingerprint density at radius 3 is 1.72 bits per heavy atom. The van der Waals surface area contributed by atoms with Crippen LogP contribution in [0, 0.1) is 0 Å². The van der Waals surface area contributed by atoms with E-state index in [2.05, 4.69) is 5.32 Å². The second-order valence-electron chi connectivity index (χ2n) is 8.60. The number of halogens is 6. The normalized spacial score (nSPS) is 18.4. The van der Waals surface area contributed by atoms with E-state index in [0.29, 0.717) is 0 Å². The zero-order chi connectivity index (χ0) is 24.7. The molecule has 1 heterocycles. The molecule has 0 aliphatic carbocycles. The number of carbonyl (C=O) groups is 1. The zero-order valence-corrected chi connectivity index (χ0v) is 18.7. The van der Waals surface area contributed by atoms with Gasteiger partial charge in [0.2, 0.25) is 15.9 Å². The van der Waals surface area contributed by atoms with Gasteiger partial charge in [-0.1, -0.05) is 0 Å². The van der Waals surface area contributed by atoms with Crippen LogP contribution in [0.3, 0.4) is 0 Å². The SMILES string of the molecule is CC(C(=O)NC(C)(C)C)N1CCN(S(=O)(=O)c2cc(C(F)(F)F)cc(C(F)(F)F)c2)CC1. The highest BCUT2D eigenvalue weighted by Crippen LogP contribution is 2.37. The van der Waals surface area contributed by atoms with Crippen LogP contribution in [0.15, 0.2) is 23.1 Å². The van der Waals surface area contributed by atoms with E-state index in [4.69, 9.17) is 0 Å². The van der Waals surface area contributed by atoms with Crippen molar-refractivity contribution in [1.82, 2.24) is 14.5 Å². The fourth-order valence-corrected chi connectivity index (χ4v) is 4.69. The predicted octanol–water partition coefficient (Wildman–Crippen LogP) is 3.33. The van der Waals surface area contributed by atoms with Gasteiger partial charge < -0.3 is 5.32 Å². The number of sulfonamides is 1. The number of carbonyl (C=O) groups excluding carboxylic acids is 1. The van der Waals surface area contributed by atoms with Crippen molar-refractivity contribution < 1.29 is 39.6 Å². The summed E-state index contributed by atoms with van der Waals surface area (Å²) in [4.78, 5) is 12.9. The molecule has 1 aromatic carbocycles. The van der Waals surface area contributed by atoms with Gasteiger partial charge in [0.05, 0.1) is 22.1 Å². The number of piperazine rings is 1. The highest BCUT2D eigenvalue weighted by Gasteiger charge is 2.40. The Bertz CT molecular complexity index is 914. The van der Waals surface area contributed by atoms with Crippen LogP contribution in [0.1, 0.15) is 38.8 Å². The second-order valence-corrected chi connectivity index (χ2v) is 10.5. The molecule has 13 heteroatoms. The molecule has 1 aromatic rings. The predicted molar refractivity (Wildman–Crippen MR) is 104 cm³/mol. The van der Waals surface area contributed by atoms with Gasteiger partial charge in [0.1, 0.15) is 0 Å². The third-order valence-electron chi connectivity index (χ3n) is 4.90. The van der Waals surface area contributed by atoms with E-state index in [9.17, 15) is 39.6 Å². The summed E-state index contributed by atoms with van der Waals surface area (Å²) >= 11 is 0. The Morgan fingerprint density at radius 2 is 1.34 bits per heavy atom. The monoisotopic (exact) mass is 489 g/mol. The molecule has 1 saturated heterocycles. The maximum atomic E-state index is 13.1. The summed E-state index contributed by atoms with van der Waals surface area (Å²) in [5, 5.41) is 2.80. The van der Waals surface area contributed by atoms with Crippen LogP contribution >= 0.6 is 0 Å². The van der Waals surface area contributed by atoms with Crippen molar-refractivity contribution in [2.45, 2.75) is 56.5 Å². The van der Waals surface area contributed by atoms with Crippen LogP contribution in [0.4, 0.5) is 26.3 Å². The Balaban J connectivity index is 2.25. The second kappa shape index (κ2) is 8.82. The summed E-state index contributed by atoms with van der Waals surface area (Å²) in [5.74, 6) is -0.276. The maximum Gasteiger partial charge on any atom is 0.416 e. The molecule has 1 amide bonds. The third-order valence-corrected chi connectivity index (χ3v) is 6.77. The summed E-state index contributed by atoms with van der Waals surface area (Å²) in [6.45, 7) is 6.82. The summed E-state index contributed by atoms with van der Waals surface area (Å²) in [7, 11) is -4.62. The third kappa shape index (κ3) is 6.35. The molecule has 182 valence electrons. The van der Waals surface area contributed by atoms with E-state index < -0.39 is 50.0 Å². The number of alkyl halides is 6. The molecule has 2 rings (SSSR count). The minimum atomic E-state index is -5.15. The van der Waals surface area contributed by atoms with Gasteiger partial charge in [-0.15, -0.1) is 0 Å². The molecule has 0 bridgehead atoms. The Morgan fingerprint density at radius 1 is 0.906 bits per heavy atom. The largest absolute Gasteiger partial charge is 0.416 e. The Kier molecular flexibility index (Phi) is 7.28. The number of rotatable bonds is 4. The quantitative estimate of drug-likeness (QED) is 0.659. The van der Waals surface area contributed by atoms with Gasteiger partial charge in [-0.3, -0.25) is 9.69 Å². The van der Waals surface area contributed by atoms with Crippen LogP contribution in [0.5, 0.6) is 0 Å². The van der Waals surface area contributed by atoms with E-state index >= 15 is 0 Å². The summed E-state index contributed by atoms with van der Waals surface area (Å²) < 4.78 is 105. The number of amides is 1. The number of hydrogen-bond donors (Lipinski definition) is 1. The number of nitrogens with one attached hydrogen (secondary N) is 1. The first-order valence-electron chi connectivity index (χ1n) is 9.68. The lowest BCUT2D eigenvalue weighted by Crippen LogP contribution is -2.56. The van der Waals surface area contributed by atoms with Crippen LogP contribution < -0.4 is 5.32 Å². The van der Waals surface area contributed by atoms with E-state index in [1.807, 2.05) is 0 Å². The lowest BCUT2D eigenvalue weighted by molar-refractivity contribution is -0.143. The molecular formula is C19H25F6N3O3S. The smallest absolute Gasteiger partial charge is 0.350 e. The standard InChI is InChI=1S/C19H25F6N3O3S/c1-12(16(29)26-17(2,3)4)27-5-7-28(8-6-27)32(30,31)15-10-13(18(20,21)22)9-14(11-15)19(23,24)25/h9-12H,5-8H2,1-4H3,(H,26,29). The molecular weight excluding hydrogens is 464 g/mol. The topological polar surface area (TPSA) is 69.7 Å². The molecule has 0 radical (unpaired) electrons. The highest BCUT2D eigenvalue weighted by atomic mass is 32.2. The average molecular weight is 489 g/mol. The summed E-state index contributed by atoms with van der Waals surface area (Å²) in [6.07, 6.45) is -10.3. The van der Waals surface area contributed by atoms with E-state index in [-0.39, 0.29) is 50.3 Å². The molecule has 1 fully saturated rings. The van der Waals surface area contributed by atoms with Crippen molar-refractivity contribution in [1.29, 1.82) is 0 Å². The number of hydrogen-bond acceptors (Lipinski definition) is 4. The molecule has 32 heavy (non-hydrogen) atoms. The highest BCUT2D eigenvalue weighted by molar-refractivity contribution is 7.89. The lowest BCUT2D eigenvalue weighted by Gasteiger charge is -2.37. The fraction of sp³-hybridized carbons (Fsp3) is 0.632. The zero-order valence-electron chi connectivity index (χ0n) is 17.9. The first kappa shape index (κ1) is 26.4. The molecule has 1 aliphatic rings. The van der Waals surface area contributed by atoms with Gasteiger partial charge in [-0.25, -0.2) is 8.42 Å². The van der Waals surface area contributed by atoms with Gasteiger partial charge in [0.25, 0.3) is 0 Å². The molecule has 0 aromatic heterocycles. The van der Waals surface area contributed by atoms with Crippen molar-refractivity contribution in [2.24, 2.45) is 0 Å². The van der Waals surface area contributed by atoms with Crippen molar-refractivity contribution in [3.63, 3.8) is 0 Å². The lowest BCUT2D eigenvalue weighted by atomic mass is 10.1. The fourth-order valence-electron chi connectivity index (χ4n) is 3.20. The number of benzene rings is 1. The molecule has 1 unspecified atom stereocenters. The van der Waals surface area contributed by atoms with Crippen LogP contribution in [0.2, 0.25) is 0 Å². The molecule has 0 spiro atoms. The van der Waals surface area contributed by atoms with Gasteiger partial charge in [-0.05, 0) is 45.9 Å². The van der Waals surface area contributed by atoms with Gasteiger partial charge in [-0.2, -0.15) is 30.6 Å². The molecule has 1 atom stereocenters. The number of nitrogens with zero attached hydrogens (tertiary/aromatic N) is 2. The molecule has 1 N–H and O–H groups in total. The molecule has 0 saturated carbocycles. The minimum Gasteiger partial charge on any atom is -0.350 e. The molecule has 6 nitrogen and oxygen atoms in total. The van der Waals surface area contributed by atoms with Gasteiger partial charge >= 0.3 is 12.4 Å².